The highest BCUT2D eigenvalue weighted by Crippen LogP contribution is 2.21. The standard InChI is InChI=1S/C12H23F3N2O2/c1-4-17-11(3,10(16)18)8-9(2)19-7-5-6-12(13,14)15/h9,17H,4-8H2,1-3H3,(H2,16,18). The molecule has 7 heteroatoms. The van der Waals surface area contributed by atoms with E-state index in [9.17, 15) is 18.0 Å². The maximum absolute atomic E-state index is 11.9. The summed E-state index contributed by atoms with van der Waals surface area (Å²) in [6.07, 6.45) is -5.12. The minimum atomic E-state index is -4.15. The van der Waals surface area contributed by atoms with Crippen LogP contribution in [0.2, 0.25) is 0 Å². The zero-order valence-electron chi connectivity index (χ0n) is 11.6. The molecule has 0 spiro atoms. The Morgan fingerprint density at radius 2 is 2.00 bits per heavy atom. The third-order valence-corrected chi connectivity index (χ3v) is 2.81. The second-order valence-corrected chi connectivity index (χ2v) is 4.83. The number of likely N-dealkylation sites (N-methyl/N-ethyl adjacent to an activating group) is 1. The third kappa shape index (κ3) is 8.05. The number of hydrogen-bond acceptors (Lipinski definition) is 3. The molecule has 0 heterocycles. The number of ether oxygens (including phenoxy) is 1. The number of nitrogens with one attached hydrogen (secondary N) is 1. The van der Waals surface area contributed by atoms with E-state index in [0.717, 1.165) is 0 Å². The average molecular weight is 284 g/mol. The molecule has 0 aromatic rings. The molecule has 19 heavy (non-hydrogen) atoms. The highest BCUT2D eigenvalue weighted by Gasteiger charge is 2.32. The van der Waals surface area contributed by atoms with Crippen molar-refractivity contribution in [2.45, 2.75) is 57.9 Å². The lowest BCUT2D eigenvalue weighted by atomic mass is 9.94. The highest BCUT2D eigenvalue weighted by molar-refractivity contribution is 5.84. The maximum Gasteiger partial charge on any atom is 0.389 e. The molecule has 2 atom stereocenters. The van der Waals surface area contributed by atoms with Crippen molar-refractivity contribution < 1.29 is 22.7 Å². The van der Waals surface area contributed by atoms with Crippen molar-refractivity contribution >= 4 is 5.91 Å². The van der Waals surface area contributed by atoms with Crippen LogP contribution in [0.5, 0.6) is 0 Å². The van der Waals surface area contributed by atoms with Gasteiger partial charge in [-0.05, 0) is 26.8 Å². The Bertz CT molecular complexity index is 285. The van der Waals surface area contributed by atoms with E-state index in [1.807, 2.05) is 6.92 Å². The van der Waals surface area contributed by atoms with Crippen LogP contribution in [0.4, 0.5) is 13.2 Å². The first-order chi connectivity index (χ1) is 8.60. The van der Waals surface area contributed by atoms with Gasteiger partial charge < -0.3 is 15.8 Å². The zero-order chi connectivity index (χ0) is 15.1. The Balaban J connectivity index is 4.08. The molecule has 0 aliphatic rings. The number of carbonyl (C=O) groups is 1. The van der Waals surface area contributed by atoms with Crippen LogP contribution < -0.4 is 11.1 Å². The molecule has 0 rings (SSSR count). The second kappa shape index (κ2) is 7.69. The van der Waals surface area contributed by atoms with Crippen LogP contribution in [-0.4, -0.2) is 36.9 Å². The third-order valence-electron chi connectivity index (χ3n) is 2.81. The molecule has 0 fully saturated rings. The van der Waals surface area contributed by atoms with Gasteiger partial charge in [0, 0.05) is 19.4 Å². The van der Waals surface area contributed by atoms with Crippen LogP contribution in [0.3, 0.4) is 0 Å². The maximum atomic E-state index is 11.9. The van der Waals surface area contributed by atoms with Crippen molar-refractivity contribution in [1.29, 1.82) is 0 Å². The van der Waals surface area contributed by atoms with Crippen LogP contribution in [0.25, 0.3) is 0 Å². The van der Waals surface area contributed by atoms with E-state index in [0.29, 0.717) is 13.0 Å². The molecule has 0 aromatic carbocycles. The fourth-order valence-corrected chi connectivity index (χ4v) is 1.84. The van der Waals surface area contributed by atoms with Gasteiger partial charge in [0.25, 0.3) is 0 Å². The molecule has 0 radical (unpaired) electrons. The lowest BCUT2D eigenvalue weighted by Crippen LogP contribution is -2.54. The minimum absolute atomic E-state index is 0.0155. The van der Waals surface area contributed by atoms with E-state index in [4.69, 9.17) is 10.5 Å². The summed E-state index contributed by atoms with van der Waals surface area (Å²) < 4.78 is 41.1. The smallest absolute Gasteiger partial charge is 0.378 e. The monoisotopic (exact) mass is 284 g/mol. The van der Waals surface area contributed by atoms with Gasteiger partial charge in [0.1, 0.15) is 0 Å². The summed E-state index contributed by atoms with van der Waals surface area (Å²) in [5, 5.41) is 2.97. The van der Waals surface area contributed by atoms with Crippen molar-refractivity contribution in [3.63, 3.8) is 0 Å². The summed E-state index contributed by atoms with van der Waals surface area (Å²) in [7, 11) is 0. The lowest BCUT2D eigenvalue weighted by Gasteiger charge is -2.29. The molecule has 0 saturated carbocycles. The van der Waals surface area contributed by atoms with Crippen LogP contribution in [-0.2, 0) is 9.53 Å². The SMILES string of the molecule is CCNC(C)(CC(C)OCCCC(F)(F)F)C(N)=O. The quantitative estimate of drug-likeness (QED) is 0.636. The number of alkyl halides is 3. The van der Waals surface area contributed by atoms with Crippen LogP contribution in [0, 0.1) is 0 Å². The predicted octanol–water partition coefficient (Wildman–Crippen LogP) is 1.98. The molecule has 2 unspecified atom stereocenters. The topological polar surface area (TPSA) is 64.3 Å². The van der Waals surface area contributed by atoms with E-state index in [1.54, 1.807) is 13.8 Å². The lowest BCUT2D eigenvalue weighted by molar-refractivity contribution is -0.139. The summed E-state index contributed by atoms with van der Waals surface area (Å²) in [6, 6.07) is 0. The molecule has 114 valence electrons. The number of rotatable bonds is 9. The molecular formula is C12H23F3N2O2. The molecule has 0 saturated heterocycles. The molecule has 0 bridgehead atoms. The number of halogens is 3. The molecule has 0 aliphatic carbocycles. The first kappa shape index (κ1) is 18.2. The van der Waals surface area contributed by atoms with Gasteiger partial charge in [-0.2, -0.15) is 13.2 Å². The average Bonchev–Trinajstić information content (AvgIpc) is 2.23. The Labute approximate surface area is 111 Å². The van der Waals surface area contributed by atoms with Crippen molar-refractivity contribution in [3.8, 4) is 0 Å². The van der Waals surface area contributed by atoms with Crippen LogP contribution >= 0.6 is 0 Å². The summed E-state index contributed by atoms with van der Waals surface area (Å²) in [5.41, 5.74) is 4.41. The first-order valence-corrected chi connectivity index (χ1v) is 6.34. The van der Waals surface area contributed by atoms with Crippen LogP contribution in [0.1, 0.15) is 40.0 Å². The van der Waals surface area contributed by atoms with E-state index < -0.39 is 24.0 Å². The molecule has 4 nitrogen and oxygen atoms in total. The first-order valence-electron chi connectivity index (χ1n) is 6.34. The fourth-order valence-electron chi connectivity index (χ4n) is 1.84. The zero-order valence-corrected chi connectivity index (χ0v) is 11.6. The Morgan fingerprint density at radius 1 is 1.42 bits per heavy atom. The largest absolute Gasteiger partial charge is 0.389 e. The van der Waals surface area contributed by atoms with Gasteiger partial charge in [-0.25, -0.2) is 0 Å². The van der Waals surface area contributed by atoms with Crippen molar-refractivity contribution in [2.75, 3.05) is 13.2 Å². The minimum Gasteiger partial charge on any atom is -0.378 e. The van der Waals surface area contributed by atoms with Crippen LogP contribution in [0.15, 0.2) is 0 Å². The van der Waals surface area contributed by atoms with Crippen molar-refractivity contribution in [2.24, 2.45) is 5.73 Å². The number of hydrogen-bond donors (Lipinski definition) is 2. The van der Waals surface area contributed by atoms with Gasteiger partial charge in [-0.15, -0.1) is 0 Å². The van der Waals surface area contributed by atoms with E-state index in [2.05, 4.69) is 5.32 Å². The Hall–Kier alpha value is -0.820. The summed E-state index contributed by atoms with van der Waals surface area (Å²) in [6.45, 7) is 5.80. The van der Waals surface area contributed by atoms with Gasteiger partial charge in [0.15, 0.2) is 0 Å². The number of amides is 1. The van der Waals surface area contributed by atoms with Crippen molar-refractivity contribution in [3.05, 3.63) is 0 Å². The van der Waals surface area contributed by atoms with E-state index >= 15 is 0 Å². The van der Waals surface area contributed by atoms with E-state index in [-0.39, 0.29) is 19.1 Å². The fraction of sp³-hybridized carbons (Fsp3) is 0.917. The van der Waals surface area contributed by atoms with E-state index in [1.165, 1.54) is 0 Å². The second-order valence-electron chi connectivity index (χ2n) is 4.83. The number of primary amides is 1. The van der Waals surface area contributed by atoms with Gasteiger partial charge in [0.2, 0.25) is 5.91 Å². The molecule has 0 aromatic heterocycles. The molecular weight excluding hydrogens is 261 g/mol. The normalized spacial score (nSPS) is 16.9. The summed E-state index contributed by atoms with van der Waals surface area (Å²) in [5.74, 6) is -0.500. The van der Waals surface area contributed by atoms with Crippen molar-refractivity contribution in [1.82, 2.24) is 5.32 Å². The van der Waals surface area contributed by atoms with Gasteiger partial charge in [-0.1, -0.05) is 6.92 Å². The highest BCUT2D eigenvalue weighted by atomic mass is 19.4. The number of nitrogens with two attached hydrogens (primary N) is 1. The molecule has 3 N–H and O–H groups in total. The predicted molar refractivity (Wildman–Crippen MR) is 66.6 cm³/mol. The Morgan fingerprint density at radius 3 is 2.42 bits per heavy atom. The summed E-state index contributed by atoms with van der Waals surface area (Å²) >= 11 is 0. The van der Waals surface area contributed by atoms with Gasteiger partial charge >= 0.3 is 6.18 Å². The molecule has 1 amide bonds. The number of carbonyl (C=O) groups excluding carboxylic acids is 1. The summed E-state index contributed by atoms with van der Waals surface area (Å²) in [4.78, 5) is 11.4. The van der Waals surface area contributed by atoms with Gasteiger partial charge in [0.05, 0.1) is 11.6 Å². The van der Waals surface area contributed by atoms with Gasteiger partial charge in [-0.3, -0.25) is 4.79 Å². The Kier molecular flexibility index (Phi) is 7.36. The molecule has 0 aliphatic heterocycles.